The molecule has 0 radical (unpaired) electrons. The fourth-order valence-corrected chi connectivity index (χ4v) is 3.67. The minimum absolute atomic E-state index is 0.464. The van der Waals surface area contributed by atoms with Crippen molar-refractivity contribution in [1.29, 1.82) is 0 Å². The molecule has 0 fully saturated rings. The molecule has 1 N–H and O–H groups in total. The van der Waals surface area contributed by atoms with E-state index in [4.69, 9.17) is 4.99 Å². The molecule has 2 aromatic heterocycles. The van der Waals surface area contributed by atoms with E-state index in [2.05, 4.69) is 65.5 Å². The number of aliphatic imine (C=N–C) groups is 1. The molecule has 0 saturated heterocycles. The van der Waals surface area contributed by atoms with Crippen LogP contribution >= 0.6 is 22.7 Å². The summed E-state index contributed by atoms with van der Waals surface area (Å²) in [4.78, 5) is 8.46. The molecule has 0 aliphatic heterocycles. The van der Waals surface area contributed by atoms with Gasteiger partial charge in [-0.3, -0.25) is 4.99 Å². The summed E-state index contributed by atoms with van der Waals surface area (Å²) in [5, 5.41) is 9.88. The van der Waals surface area contributed by atoms with E-state index in [9.17, 15) is 0 Å². The molecule has 0 aromatic carbocycles. The van der Waals surface area contributed by atoms with Gasteiger partial charge in [0, 0.05) is 37.5 Å². The zero-order chi connectivity index (χ0) is 15.8. The average molecular weight is 336 g/mol. The third kappa shape index (κ3) is 5.14. The van der Waals surface area contributed by atoms with Crippen molar-refractivity contribution in [3.05, 3.63) is 44.8 Å². The van der Waals surface area contributed by atoms with Gasteiger partial charge in [-0.25, -0.2) is 0 Å². The first kappa shape index (κ1) is 17.0. The van der Waals surface area contributed by atoms with E-state index in [0.717, 1.165) is 32.0 Å². The summed E-state index contributed by atoms with van der Waals surface area (Å²) < 4.78 is 0. The van der Waals surface area contributed by atoms with E-state index in [0.29, 0.717) is 5.92 Å². The summed E-state index contributed by atoms with van der Waals surface area (Å²) >= 11 is 3.57. The Hall–Kier alpha value is -1.33. The molecule has 0 saturated carbocycles. The van der Waals surface area contributed by atoms with Crippen LogP contribution in [-0.4, -0.2) is 37.5 Å². The lowest BCUT2D eigenvalue weighted by Crippen LogP contribution is -2.40. The Morgan fingerprint density at radius 3 is 2.86 bits per heavy atom. The Bertz CT molecular complexity index is 546. The van der Waals surface area contributed by atoms with Crippen LogP contribution in [0.1, 0.15) is 30.2 Å². The molecule has 0 bridgehead atoms. The highest BCUT2D eigenvalue weighted by molar-refractivity contribution is 7.09. The third-order valence-corrected chi connectivity index (χ3v) is 5.23. The number of rotatable bonds is 7. The van der Waals surface area contributed by atoms with E-state index in [1.807, 2.05) is 11.3 Å². The topological polar surface area (TPSA) is 27.6 Å². The molecule has 0 spiro atoms. The summed E-state index contributed by atoms with van der Waals surface area (Å²) in [5.41, 5.74) is 1.38. The van der Waals surface area contributed by atoms with Crippen LogP contribution in [0.2, 0.25) is 0 Å². The molecule has 2 aromatic rings. The highest BCUT2D eigenvalue weighted by Crippen LogP contribution is 2.18. The molecular weight excluding hydrogens is 310 g/mol. The highest BCUT2D eigenvalue weighted by Gasteiger charge is 2.09. The highest BCUT2D eigenvalue weighted by atomic mass is 32.1. The fourth-order valence-electron chi connectivity index (χ4n) is 2.19. The van der Waals surface area contributed by atoms with E-state index < -0.39 is 0 Å². The second-order valence-electron chi connectivity index (χ2n) is 5.40. The maximum atomic E-state index is 4.81. The first-order valence-corrected chi connectivity index (χ1v) is 9.57. The number of guanidine groups is 1. The Morgan fingerprint density at radius 1 is 1.36 bits per heavy atom. The second kappa shape index (κ2) is 8.96. The van der Waals surface area contributed by atoms with Crippen molar-refractivity contribution in [1.82, 2.24) is 10.2 Å². The van der Waals surface area contributed by atoms with Crippen LogP contribution in [0.25, 0.3) is 0 Å². The van der Waals surface area contributed by atoms with Gasteiger partial charge < -0.3 is 10.2 Å². The molecule has 5 heteroatoms. The summed E-state index contributed by atoms with van der Waals surface area (Å²) in [6.07, 6.45) is 1.07. The minimum Gasteiger partial charge on any atom is -0.357 e. The summed E-state index contributed by atoms with van der Waals surface area (Å²) in [6.45, 7) is 7.06. The van der Waals surface area contributed by atoms with Gasteiger partial charge in [-0.15, -0.1) is 11.3 Å². The molecule has 1 atom stereocenters. The van der Waals surface area contributed by atoms with Crippen LogP contribution in [0, 0.1) is 0 Å². The third-order valence-electron chi connectivity index (χ3n) is 3.60. The molecule has 3 nitrogen and oxygen atoms in total. The van der Waals surface area contributed by atoms with Crippen LogP contribution in [0.3, 0.4) is 0 Å². The Labute approximate surface area is 141 Å². The van der Waals surface area contributed by atoms with Crippen molar-refractivity contribution in [2.45, 2.75) is 26.2 Å². The van der Waals surface area contributed by atoms with Crippen LogP contribution in [-0.2, 0) is 6.42 Å². The second-order valence-corrected chi connectivity index (χ2v) is 7.22. The van der Waals surface area contributed by atoms with E-state index in [1.165, 1.54) is 10.4 Å². The Morgan fingerprint density at radius 2 is 2.23 bits per heavy atom. The number of nitrogens with one attached hydrogen (secondary N) is 1. The molecule has 2 heterocycles. The number of hydrogen-bond acceptors (Lipinski definition) is 3. The van der Waals surface area contributed by atoms with Gasteiger partial charge in [0.1, 0.15) is 0 Å². The summed E-state index contributed by atoms with van der Waals surface area (Å²) in [5.74, 6) is 1.46. The normalized spacial score (nSPS) is 13.1. The molecule has 2 rings (SSSR count). The minimum atomic E-state index is 0.464. The van der Waals surface area contributed by atoms with Crippen molar-refractivity contribution >= 4 is 28.6 Å². The zero-order valence-corrected chi connectivity index (χ0v) is 15.2. The fraction of sp³-hybridized carbons (Fsp3) is 0.471. The van der Waals surface area contributed by atoms with Gasteiger partial charge >= 0.3 is 0 Å². The predicted molar refractivity (Wildman–Crippen MR) is 99.4 cm³/mol. The molecule has 120 valence electrons. The maximum Gasteiger partial charge on any atom is 0.193 e. The molecule has 1 unspecified atom stereocenters. The molecule has 0 aliphatic carbocycles. The zero-order valence-electron chi connectivity index (χ0n) is 13.6. The average Bonchev–Trinajstić information content (AvgIpc) is 3.21. The van der Waals surface area contributed by atoms with Crippen molar-refractivity contribution in [2.24, 2.45) is 4.99 Å². The van der Waals surface area contributed by atoms with Crippen molar-refractivity contribution in [2.75, 3.05) is 26.7 Å². The van der Waals surface area contributed by atoms with Crippen molar-refractivity contribution < 1.29 is 0 Å². The monoisotopic (exact) mass is 335 g/mol. The SMILES string of the molecule is CCNC(=NCC(C)c1ccsc1)N(C)CCc1cccs1. The number of thiophene rings is 2. The Kier molecular flexibility index (Phi) is 6.93. The van der Waals surface area contributed by atoms with E-state index in [-0.39, 0.29) is 0 Å². The predicted octanol–water partition coefficient (Wildman–Crippen LogP) is 4.05. The lowest BCUT2D eigenvalue weighted by Gasteiger charge is -2.22. The first-order valence-electron chi connectivity index (χ1n) is 7.74. The van der Waals surface area contributed by atoms with Crippen LogP contribution < -0.4 is 5.32 Å². The maximum absolute atomic E-state index is 4.81. The number of nitrogens with zero attached hydrogens (tertiary/aromatic N) is 2. The number of likely N-dealkylation sites (N-methyl/N-ethyl adjacent to an activating group) is 1. The summed E-state index contributed by atoms with van der Waals surface area (Å²) in [6, 6.07) is 6.50. The molecular formula is C17H25N3S2. The van der Waals surface area contributed by atoms with Gasteiger partial charge in [0.2, 0.25) is 0 Å². The quantitative estimate of drug-likeness (QED) is 0.610. The molecule has 22 heavy (non-hydrogen) atoms. The van der Waals surface area contributed by atoms with Crippen LogP contribution in [0.15, 0.2) is 39.3 Å². The van der Waals surface area contributed by atoms with Gasteiger partial charge in [-0.05, 0) is 47.2 Å². The standard InChI is InChI=1S/C17H25N3S2/c1-4-18-17(19-12-14(2)15-8-11-21-13-15)20(3)9-7-16-6-5-10-22-16/h5-6,8,10-11,13-14H,4,7,9,12H2,1-3H3,(H,18,19). The molecule has 0 aliphatic rings. The largest absolute Gasteiger partial charge is 0.357 e. The van der Waals surface area contributed by atoms with E-state index in [1.54, 1.807) is 11.3 Å². The first-order chi connectivity index (χ1) is 10.7. The van der Waals surface area contributed by atoms with Crippen LogP contribution in [0.4, 0.5) is 0 Å². The lowest BCUT2D eigenvalue weighted by molar-refractivity contribution is 0.485. The Balaban J connectivity index is 1.90. The van der Waals surface area contributed by atoms with Crippen molar-refractivity contribution in [3.63, 3.8) is 0 Å². The summed E-state index contributed by atoms with van der Waals surface area (Å²) in [7, 11) is 2.12. The van der Waals surface area contributed by atoms with E-state index >= 15 is 0 Å². The van der Waals surface area contributed by atoms with Gasteiger partial charge in [0.25, 0.3) is 0 Å². The van der Waals surface area contributed by atoms with Gasteiger partial charge in [-0.2, -0.15) is 11.3 Å². The molecule has 0 amide bonds. The van der Waals surface area contributed by atoms with Gasteiger partial charge in [-0.1, -0.05) is 13.0 Å². The lowest BCUT2D eigenvalue weighted by atomic mass is 10.1. The van der Waals surface area contributed by atoms with Crippen LogP contribution in [0.5, 0.6) is 0 Å². The van der Waals surface area contributed by atoms with Gasteiger partial charge in [0.05, 0.1) is 0 Å². The number of hydrogen-bond donors (Lipinski definition) is 1. The van der Waals surface area contributed by atoms with Crippen molar-refractivity contribution in [3.8, 4) is 0 Å². The van der Waals surface area contributed by atoms with Gasteiger partial charge in [0.15, 0.2) is 5.96 Å². The smallest absolute Gasteiger partial charge is 0.193 e.